The fourth-order valence-electron chi connectivity index (χ4n) is 1.54. The van der Waals surface area contributed by atoms with E-state index in [1.54, 1.807) is 18.2 Å². The number of hydrogen-bond acceptors (Lipinski definition) is 4. The molecule has 5 nitrogen and oxygen atoms in total. The third-order valence-corrected chi connectivity index (χ3v) is 2.33. The van der Waals surface area contributed by atoms with E-state index in [9.17, 15) is 4.79 Å². The molecule has 1 aromatic carbocycles. The van der Waals surface area contributed by atoms with Gasteiger partial charge in [-0.25, -0.2) is 4.79 Å². The fraction of sp³-hybridized carbons (Fsp3) is 0.250. The highest BCUT2D eigenvalue weighted by atomic mass is 16.5. The molecule has 0 aliphatic rings. The first-order valence-corrected chi connectivity index (χ1v) is 5.37. The molecule has 0 spiro atoms. The van der Waals surface area contributed by atoms with Gasteiger partial charge in [0.05, 0.1) is 11.1 Å². The van der Waals surface area contributed by atoms with Crippen LogP contribution in [0.5, 0.6) is 0 Å². The van der Waals surface area contributed by atoms with E-state index in [1.165, 1.54) is 6.07 Å². The second kappa shape index (κ2) is 4.78. The normalized spacial score (nSPS) is 10.4. The van der Waals surface area contributed by atoms with Crippen molar-refractivity contribution >= 4 is 5.97 Å². The molecule has 0 saturated heterocycles. The van der Waals surface area contributed by atoms with Crippen LogP contribution in [0.2, 0.25) is 0 Å². The molecule has 17 heavy (non-hydrogen) atoms. The fourth-order valence-corrected chi connectivity index (χ4v) is 1.54. The van der Waals surface area contributed by atoms with Gasteiger partial charge in [-0.2, -0.15) is 4.98 Å². The number of aromatic carboxylic acids is 1. The molecular weight excluding hydrogens is 220 g/mol. The molecule has 0 amide bonds. The van der Waals surface area contributed by atoms with Crippen LogP contribution in [0.1, 0.15) is 29.5 Å². The van der Waals surface area contributed by atoms with Gasteiger partial charge >= 0.3 is 5.97 Å². The van der Waals surface area contributed by atoms with Gasteiger partial charge in [0.25, 0.3) is 5.89 Å². The number of hydrogen-bond donors (Lipinski definition) is 1. The lowest BCUT2D eigenvalue weighted by Crippen LogP contribution is -1.99. The zero-order valence-electron chi connectivity index (χ0n) is 9.38. The van der Waals surface area contributed by atoms with Crippen LogP contribution in [0, 0.1) is 0 Å². The molecule has 0 atom stereocenters. The van der Waals surface area contributed by atoms with Crippen LogP contribution >= 0.6 is 0 Å². The molecule has 0 unspecified atom stereocenters. The van der Waals surface area contributed by atoms with E-state index in [4.69, 9.17) is 9.63 Å². The molecule has 2 aromatic rings. The zero-order valence-corrected chi connectivity index (χ0v) is 9.38. The predicted octanol–water partition coefficient (Wildman–Crippen LogP) is 2.39. The van der Waals surface area contributed by atoms with E-state index in [-0.39, 0.29) is 11.5 Å². The van der Waals surface area contributed by atoms with E-state index >= 15 is 0 Å². The lowest BCUT2D eigenvalue weighted by atomic mass is 10.1. The molecule has 0 aliphatic heterocycles. The molecule has 1 N–H and O–H groups in total. The summed E-state index contributed by atoms with van der Waals surface area (Å²) < 4.78 is 5.07. The molecule has 1 aromatic heterocycles. The first-order chi connectivity index (χ1) is 8.22. The topological polar surface area (TPSA) is 76.2 Å². The van der Waals surface area contributed by atoms with Crippen molar-refractivity contribution < 1.29 is 14.4 Å². The number of rotatable bonds is 4. The number of carboxylic acid groups (broad SMARTS) is 1. The number of carboxylic acids is 1. The summed E-state index contributed by atoms with van der Waals surface area (Å²) in [7, 11) is 0. The summed E-state index contributed by atoms with van der Waals surface area (Å²) in [4.78, 5) is 15.2. The molecule has 0 fully saturated rings. The summed E-state index contributed by atoms with van der Waals surface area (Å²) in [5.74, 6) is -0.148. The van der Waals surface area contributed by atoms with Crippen molar-refractivity contribution in [3.05, 3.63) is 35.7 Å². The van der Waals surface area contributed by atoms with E-state index in [2.05, 4.69) is 10.1 Å². The quantitative estimate of drug-likeness (QED) is 0.875. The van der Waals surface area contributed by atoms with Crippen molar-refractivity contribution in [2.45, 2.75) is 19.8 Å². The SMILES string of the molecule is CCCc1noc(-c2ccccc2C(=O)O)n1. The molecule has 2 rings (SSSR count). The second-order valence-corrected chi connectivity index (χ2v) is 3.62. The van der Waals surface area contributed by atoms with Crippen LogP contribution in [0.25, 0.3) is 11.5 Å². The average molecular weight is 232 g/mol. The van der Waals surface area contributed by atoms with Crippen molar-refractivity contribution in [3.63, 3.8) is 0 Å². The Morgan fingerprint density at radius 1 is 1.41 bits per heavy atom. The molecular formula is C12H12N2O3. The van der Waals surface area contributed by atoms with E-state index < -0.39 is 5.97 Å². The molecule has 1 heterocycles. The standard InChI is InChI=1S/C12H12N2O3/c1-2-5-10-13-11(17-14-10)8-6-3-4-7-9(8)12(15)16/h3-4,6-7H,2,5H2,1H3,(H,15,16). The van der Waals surface area contributed by atoms with Crippen molar-refractivity contribution in [3.8, 4) is 11.5 Å². The van der Waals surface area contributed by atoms with Crippen molar-refractivity contribution in [1.29, 1.82) is 0 Å². The van der Waals surface area contributed by atoms with Crippen LogP contribution < -0.4 is 0 Å². The Hall–Kier alpha value is -2.17. The summed E-state index contributed by atoms with van der Waals surface area (Å²) in [6.07, 6.45) is 1.64. The van der Waals surface area contributed by atoms with Crippen LogP contribution in [0.4, 0.5) is 0 Å². The van der Waals surface area contributed by atoms with E-state index in [0.717, 1.165) is 12.8 Å². The highest BCUT2D eigenvalue weighted by Crippen LogP contribution is 2.22. The first kappa shape index (κ1) is 11.3. The summed E-state index contributed by atoms with van der Waals surface area (Å²) in [6, 6.07) is 6.58. The van der Waals surface area contributed by atoms with Gasteiger partial charge in [0.2, 0.25) is 0 Å². The molecule has 0 radical (unpaired) electrons. The summed E-state index contributed by atoms with van der Waals surface area (Å²) in [5, 5.41) is 12.9. The van der Waals surface area contributed by atoms with Gasteiger partial charge in [0.1, 0.15) is 0 Å². The van der Waals surface area contributed by atoms with Gasteiger partial charge in [-0.3, -0.25) is 0 Å². The Bertz CT molecular complexity index is 534. The van der Waals surface area contributed by atoms with Crippen molar-refractivity contribution in [1.82, 2.24) is 10.1 Å². The first-order valence-electron chi connectivity index (χ1n) is 5.37. The highest BCUT2D eigenvalue weighted by Gasteiger charge is 2.16. The number of benzene rings is 1. The van der Waals surface area contributed by atoms with Crippen molar-refractivity contribution in [2.75, 3.05) is 0 Å². The maximum atomic E-state index is 11.0. The molecule has 0 saturated carbocycles. The van der Waals surface area contributed by atoms with Crippen LogP contribution in [-0.4, -0.2) is 21.2 Å². The van der Waals surface area contributed by atoms with Gasteiger partial charge in [-0.15, -0.1) is 0 Å². The number of nitrogens with zero attached hydrogens (tertiary/aromatic N) is 2. The minimum Gasteiger partial charge on any atom is -0.478 e. The number of carbonyl (C=O) groups is 1. The summed E-state index contributed by atoms with van der Waals surface area (Å²) in [5.41, 5.74) is 0.619. The third kappa shape index (κ3) is 2.33. The minimum atomic E-state index is -1.00. The average Bonchev–Trinajstić information content (AvgIpc) is 2.78. The van der Waals surface area contributed by atoms with Crippen LogP contribution in [0.15, 0.2) is 28.8 Å². The number of aromatic nitrogens is 2. The summed E-state index contributed by atoms with van der Waals surface area (Å²) >= 11 is 0. The van der Waals surface area contributed by atoms with Gasteiger partial charge < -0.3 is 9.63 Å². The van der Waals surface area contributed by atoms with E-state index in [1.807, 2.05) is 6.92 Å². The van der Waals surface area contributed by atoms with Crippen molar-refractivity contribution in [2.24, 2.45) is 0 Å². The zero-order chi connectivity index (χ0) is 12.3. The predicted molar refractivity (Wildman–Crippen MR) is 60.7 cm³/mol. The smallest absolute Gasteiger partial charge is 0.336 e. The Kier molecular flexibility index (Phi) is 3.18. The summed E-state index contributed by atoms with van der Waals surface area (Å²) in [6.45, 7) is 2.02. The highest BCUT2D eigenvalue weighted by molar-refractivity contribution is 5.94. The third-order valence-electron chi connectivity index (χ3n) is 2.33. The lowest BCUT2D eigenvalue weighted by Gasteiger charge is -1.99. The van der Waals surface area contributed by atoms with E-state index in [0.29, 0.717) is 11.4 Å². The van der Waals surface area contributed by atoms with Gasteiger partial charge in [0.15, 0.2) is 5.82 Å². The minimum absolute atomic E-state index is 0.166. The van der Waals surface area contributed by atoms with Crippen LogP contribution in [0.3, 0.4) is 0 Å². The van der Waals surface area contributed by atoms with Gasteiger partial charge in [-0.1, -0.05) is 24.2 Å². The van der Waals surface area contributed by atoms with Gasteiger partial charge in [0, 0.05) is 6.42 Å². The number of aryl methyl sites for hydroxylation is 1. The Morgan fingerprint density at radius 3 is 2.88 bits per heavy atom. The maximum absolute atomic E-state index is 11.0. The van der Waals surface area contributed by atoms with Crippen LogP contribution in [-0.2, 0) is 6.42 Å². The maximum Gasteiger partial charge on any atom is 0.336 e. The Labute approximate surface area is 98.1 Å². The largest absolute Gasteiger partial charge is 0.478 e. The lowest BCUT2D eigenvalue weighted by molar-refractivity contribution is 0.0697. The Morgan fingerprint density at radius 2 is 2.18 bits per heavy atom. The van der Waals surface area contributed by atoms with Gasteiger partial charge in [-0.05, 0) is 18.6 Å². The second-order valence-electron chi connectivity index (χ2n) is 3.62. The molecule has 5 heteroatoms. The monoisotopic (exact) mass is 232 g/mol. The molecule has 0 bridgehead atoms. The Balaban J connectivity index is 2.41. The molecule has 88 valence electrons. The molecule has 0 aliphatic carbocycles.